The van der Waals surface area contributed by atoms with E-state index in [1.54, 1.807) is 0 Å². The van der Waals surface area contributed by atoms with Gasteiger partial charge < -0.3 is 18.0 Å². The molecule has 1 fully saturated rings. The molecule has 0 radical (unpaired) electrons. The molecule has 1 aliphatic rings. The second kappa shape index (κ2) is 5.07. The van der Waals surface area contributed by atoms with E-state index in [0.29, 0.717) is 19.8 Å². The zero-order valence-corrected chi connectivity index (χ0v) is 9.54. The van der Waals surface area contributed by atoms with Crippen molar-refractivity contribution in [1.29, 1.82) is 0 Å². The van der Waals surface area contributed by atoms with Crippen LogP contribution in [0.5, 0.6) is 0 Å². The molecule has 13 heavy (non-hydrogen) atoms. The van der Waals surface area contributed by atoms with Crippen molar-refractivity contribution in [3.05, 3.63) is 0 Å². The van der Waals surface area contributed by atoms with Crippen LogP contribution in [0.15, 0.2) is 0 Å². The fraction of sp³-hybridized carbons (Fsp3) is 1.00. The van der Waals surface area contributed by atoms with Gasteiger partial charge in [0.05, 0.1) is 13.2 Å². The van der Waals surface area contributed by atoms with Crippen molar-refractivity contribution in [1.82, 2.24) is 0 Å². The molecular formula is C8H18O4Si. The molecule has 1 rings (SSSR count). The fourth-order valence-corrected chi connectivity index (χ4v) is 2.85. The Morgan fingerprint density at radius 2 is 1.77 bits per heavy atom. The average molecular weight is 206 g/mol. The lowest BCUT2D eigenvalue weighted by molar-refractivity contribution is 0.0681. The molecule has 0 amide bonds. The standard InChI is InChI=1S/C8H18O4Si/c1-4-10-13(3,11-5-2)12-7-8-6-9-8/h8H,4-7H2,1-3H3. The first kappa shape index (κ1) is 11.1. The number of ether oxygens (including phenoxy) is 1. The van der Waals surface area contributed by atoms with Crippen LogP contribution in [-0.4, -0.2) is 41.3 Å². The minimum atomic E-state index is -2.35. The van der Waals surface area contributed by atoms with Gasteiger partial charge >= 0.3 is 8.80 Å². The lowest BCUT2D eigenvalue weighted by Crippen LogP contribution is -2.43. The van der Waals surface area contributed by atoms with Gasteiger partial charge in [-0.1, -0.05) is 0 Å². The topological polar surface area (TPSA) is 40.2 Å². The second-order valence-corrected chi connectivity index (χ2v) is 5.59. The van der Waals surface area contributed by atoms with Crippen LogP contribution in [0.2, 0.25) is 6.55 Å². The zero-order valence-electron chi connectivity index (χ0n) is 8.54. The first-order valence-corrected chi connectivity index (χ1v) is 6.96. The monoisotopic (exact) mass is 206 g/mol. The molecule has 0 N–H and O–H groups in total. The molecule has 4 nitrogen and oxygen atoms in total. The van der Waals surface area contributed by atoms with E-state index < -0.39 is 8.80 Å². The van der Waals surface area contributed by atoms with Gasteiger partial charge in [-0.3, -0.25) is 0 Å². The van der Waals surface area contributed by atoms with E-state index in [4.69, 9.17) is 18.0 Å². The summed E-state index contributed by atoms with van der Waals surface area (Å²) in [7, 11) is -2.35. The highest BCUT2D eigenvalue weighted by molar-refractivity contribution is 6.59. The van der Waals surface area contributed by atoms with Gasteiger partial charge in [0.2, 0.25) is 0 Å². The van der Waals surface area contributed by atoms with Gasteiger partial charge in [0, 0.05) is 19.8 Å². The molecule has 1 atom stereocenters. The maximum Gasteiger partial charge on any atom is 0.497 e. The van der Waals surface area contributed by atoms with Gasteiger partial charge in [0.1, 0.15) is 6.10 Å². The van der Waals surface area contributed by atoms with Crippen LogP contribution in [0, 0.1) is 0 Å². The third-order valence-corrected chi connectivity index (χ3v) is 4.06. The quantitative estimate of drug-likeness (QED) is 0.461. The summed E-state index contributed by atoms with van der Waals surface area (Å²) in [6, 6.07) is 0. The Morgan fingerprint density at radius 3 is 2.15 bits per heavy atom. The number of hydrogen-bond acceptors (Lipinski definition) is 4. The molecule has 1 heterocycles. The minimum Gasteiger partial charge on any atom is -0.374 e. The summed E-state index contributed by atoms with van der Waals surface area (Å²) in [4.78, 5) is 0. The van der Waals surface area contributed by atoms with Crippen molar-refractivity contribution < 1.29 is 18.0 Å². The highest BCUT2D eigenvalue weighted by atomic mass is 28.4. The van der Waals surface area contributed by atoms with E-state index in [1.807, 2.05) is 20.4 Å². The predicted molar refractivity (Wildman–Crippen MR) is 50.6 cm³/mol. The van der Waals surface area contributed by atoms with Crippen LogP contribution < -0.4 is 0 Å². The Balaban J connectivity index is 2.24. The van der Waals surface area contributed by atoms with Crippen molar-refractivity contribution in [2.24, 2.45) is 0 Å². The van der Waals surface area contributed by atoms with Crippen molar-refractivity contribution in [3.8, 4) is 0 Å². The van der Waals surface area contributed by atoms with Crippen molar-refractivity contribution in [3.63, 3.8) is 0 Å². The van der Waals surface area contributed by atoms with Gasteiger partial charge in [-0.2, -0.15) is 0 Å². The average Bonchev–Trinajstić information content (AvgIpc) is 2.85. The summed E-state index contributed by atoms with van der Waals surface area (Å²) in [6.45, 7) is 8.48. The first-order chi connectivity index (χ1) is 6.20. The molecule has 0 aliphatic carbocycles. The summed E-state index contributed by atoms with van der Waals surface area (Å²) in [5.74, 6) is 0. The minimum absolute atomic E-state index is 0.271. The summed E-state index contributed by atoms with van der Waals surface area (Å²) < 4.78 is 21.6. The van der Waals surface area contributed by atoms with Crippen molar-refractivity contribution >= 4 is 8.80 Å². The zero-order chi connectivity index (χ0) is 9.73. The molecule has 0 aromatic carbocycles. The maximum atomic E-state index is 5.60. The number of epoxide rings is 1. The lowest BCUT2D eigenvalue weighted by atomic mass is 10.5. The summed E-state index contributed by atoms with van der Waals surface area (Å²) in [5, 5.41) is 0. The predicted octanol–water partition coefficient (Wildman–Crippen LogP) is 1.04. The van der Waals surface area contributed by atoms with Gasteiger partial charge in [0.15, 0.2) is 0 Å². The molecule has 1 saturated heterocycles. The molecule has 0 aromatic rings. The Hall–Kier alpha value is 0.0569. The van der Waals surface area contributed by atoms with Gasteiger partial charge in [-0.05, 0) is 13.8 Å². The number of rotatable bonds is 7. The molecular weight excluding hydrogens is 188 g/mol. The summed E-state index contributed by atoms with van der Waals surface area (Å²) in [5.41, 5.74) is 0. The van der Waals surface area contributed by atoms with Crippen LogP contribution in [-0.2, 0) is 18.0 Å². The largest absolute Gasteiger partial charge is 0.497 e. The fourth-order valence-electron chi connectivity index (χ4n) is 1.06. The van der Waals surface area contributed by atoms with Crippen LogP contribution in [0.25, 0.3) is 0 Å². The SMILES string of the molecule is CCO[Si](C)(OCC)OCC1CO1. The van der Waals surface area contributed by atoms with E-state index in [1.165, 1.54) is 0 Å². The Kier molecular flexibility index (Phi) is 4.34. The van der Waals surface area contributed by atoms with E-state index in [2.05, 4.69) is 0 Å². The van der Waals surface area contributed by atoms with Crippen LogP contribution in [0.1, 0.15) is 13.8 Å². The van der Waals surface area contributed by atoms with Crippen LogP contribution >= 0.6 is 0 Å². The third kappa shape index (κ3) is 4.19. The maximum absolute atomic E-state index is 5.60. The summed E-state index contributed by atoms with van der Waals surface area (Å²) >= 11 is 0. The van der Waals surface area contributed by atoms with E-state index >= 15 is 0 Å². The third-order valence-electron chi connectivity index (χ3n) is 1.75. The van der Waals surface area contributed by atoms with E-state index in [9.17, 15) is 0 Å². The molecule has 0 spiro atoms. The Labute approximate surface area is 80.5 Å². The molecule has 1 unspecified atom stereocenters. The normalized spacial score (nSPS) is 21.9. The van der Waals surface area contributed by atoms with E-state index in [0.717, 1.165) is 6.61 Å². The highest BCUT2D eigenvalue weighted by Crippen LogP contribution is 2.15. The van der Waals surface area contributed by atoms with Crippen molar-refractivity contribution in [2.75, 3.05) is 26.4 Å². The van der Waals surface area contributed by atoms with Crippen LogP contribution in [0.4, 0.5) is 0 Å². The van der Waals surface area contributed by atoms with Crippen LogP contribution in [0.3, 0.4) is 0 Å². The van der Waals surface area contributed by atoms with E-state index in [-0.39, 0.29) is 6.10 Å². The molecule has 0 aromatic heterocycles. The van der Waals surface area contributed by atoms with Crippen molar-refractivity contribution in [2.45, 2.75) is 26.5 Å². The highest BCUT2D eigenvalue weighted by Gasteiger charge is 2.36. The smallest absolute Gasteiger partial charge is 0.374 e. The molecule has 78 valence electrons. The molecule has 0 saturated carbocycles. The lowest BCUT2D eigenvalue weighted by Gasteiger charge is -2.24. The van der Waals surface area contributed by atoms with Gasteiger partial charge in [-0.15, -0.1) is 0 Å². The Bertz CT molecular complexity index is 143. The first-order valence-electron chi connectivity index (χ1n) is 4.73. The van der Waals surface area contributed by atoms with Gasteiger partial charge in [-0.25, -0.2) is 0 Å². The number of hydrogen-bond donors (Lipinski definition) is 0. The van der Waals surface area contributed by atoms with Gasteiger partial charge in [0.25, 0.3) is 0 Å². The molecule has 0 bridgehead atoms. The second-order valence-electron chi connectivity index (χ2n) is 2.99. The molecule has 5 heteroatoms. The Morgan fingerprint density at radius 1 is 1.23 bits per heavy atom. The summed E-state index contributed by atoms with van der Waals surface area (Å²) in [6.07, 6.45) is 0.271. The molecule has 1 aliphatic heterocycles.